The van der Waals surface area contributed by atoms with E-state index in [0.717, 1.165) is 24.0 Å². The molecule has 2 nitrogen and oxygen atoms in total. The van der Waals surface area contributed by atoms with E-state index in [1.807, 2.05) is 6.92 Å². The monoisotopic (exact) mass is 235 g/mol. The second kappa shape index (κ2) is 3.79. The maximum atomic E-state index is 13.4. The number of benzene rings is 1. The minimum Gasteiger partial charge on any atom is -0.385 e. The zero-order chi connectivity index (χ0) is 12.0. The van der Waals surface area contributed by atoms with Crippen LogP contribution in [0.3, 0.4) is 0 Å². The molecule has 0 spiro atoms. The van der Waals surface area contributed by atoms with E-state index in [1.54, 1.807) is 6.07 Å². The standard InChI is InChI=1S/C14H18FNO/c1-9-2-3-10(15)6-13(9)14(17)7-11-4-5-12(8-14)16-11/h2-3,6,11-12,16-17H,4-5,7-8H2,1H3. The van der Waals surface area contributed by atoms with Gasteiger partial charge in [-0.3, -0.25) is 0 Å². The van der Waals surface area contributed by atoms with Crippen LogP contribution in [0.25, 0.3) is 0 Å². The van der Waals surface area contributed by atoms with Gasteiger partial charge in [-0.25, -0.2) is 4.39 Å². The van der Waals surface area contributed by atoms with Crippen molar-refractivity contribution in [2.24, 2.45) is 0 Å². The van der Waals surface area contributed by atoms with Crippen LogP contribution in [-0.4, -0.2) is 17.2 Å². The van der Waals surface area contributed by atoms with Crippen molar-refractivity contribution in [3.8, 4) is 0 Å². The maximum absolute atomic E-state index is 13.4. The molecule has 2 saturated heterocycles. The number of hydrogen-bond acceptors (Lipinski definition) is 2. The lowest BCUT2D eigenvalue weighted by atomic mass is 9.79. The van der Waals surface area contributed by atoms with Crippen LogP contribution < -0.4 is 5.32 Å². The van der Waals surface area contributed by atoms with Crippen molar-refractivity contribution in [2.45, 2.75) is 50.3 Å². The fourth-order valence-electron chi connectivity index (χ4n) is 3.44. The molecule has 2 N–H and O–H groups in total. The average Bonchev–Trinajstić information content (AvgIpc) is 2.62. The van der Waals surface area contributed by atoms with E-state index >= 15 is 0 Å². The highest BCUT2D eigenvalue weighted by Gasteiger charge is 2.44. The van der Waals surface area contributed by atoms with Crippen molar-refractivity contribution < 1.29 is 9.50 Å². The Balaban J connectivity index is 1.99. The van der Waals surface area contributed by atoms with Gasteiger partial charge in [0.25, 0.3) is 0 Å². The van der Waals surface area contributed by atoms with Gasteiger partial charge >= 0.3 is 0 Å². The van der Waals surface area contributed by atoms with Gasteiger partial charge in [-0.1, -0.05) is 6.07 Å². The number of aryl methyl sites for hydroxylation is 1. The molecule has 2 aliphatic heterocycles. The van der Waals surface area contributed by atoms with Crippen LogP contribution >= 0.6 is 0 Å². The third-order valence-electron chi connectivity index (χ3n) is 4.20. The van der Waals surface area contributed by atoms with Crippen molar-refractivity contribution >= 4 is 0 Å². The number of fused-ring (bicyclic) bond motifs is 2. The second-order valence-corrected chi connectivity index (χ2v) is 5.54. The molecule has 0 amide bonds. The summed E-state index contributed by atoms with van der Waals surface area (Å²) in [5, 5.41) is 14.3. The van der Waals surface area contributed by atoms with Crippen molar-refractivity contribution in [2.75, 3.05) is 0 Å². The lowest BCUT2D eigenvalue weighted by Crippen LogP contribution is -2.47. The minimum absolute atomic E-state index is 0.259. The van der Waals surface area contributed by atoms with E-state index in [-0.39, 0.29) is 5.82 Å². The smallest absolute Gasteiger partial charge is 0.123 e. The number of hydrogen-bond donors (Lipinski definition) is 2. The van der Waals surface area contributed by atoms with Gasteiger partial charge < -0.3 is 10.4 Å². The number of aliphatic hydroxyl groups is 1. The van der Waals surface area contributed by atoms with Crippen LogP contribution in [0.5, 0.6) is 0 Å². The van der Waals surface area contributed by atoms with Crippen molar-refractivity contribution in [1.82, 2.24) is 5.32 Å². The molecule has 0 aliphatic carbocycles. The molecule has 0 aromatic heterocycles. The minimum atomic E-state index is -0.844. The molecular weight excluding hydrogens is 217 g/mol. The Bertz CT molecular complexity index is 434. The average molecular weight is 235 g/mol. The zero-order valence-electron chi connectivity index (χ0n) is 10.0. The summed E-state index contributed by atoms with van der Waals surface area (Å²) in [4.78, 5) is 0. The Labute approximate surface area is 101 Å². The number of piperidine rings is 1. The molecule has 1 aromatic rings. The molecule has 2 unspecified atom stereocenters. The fourth-order valence-corrected chi connectivity index (χ4v) is 3.44. The van der Waals surface area contributed by atoms with Gasteiger partial charge in [0.15, 0.2) is 0 Å². The maximum Gasteiger partial charge on any atom is 0.123 e. The SMILES string of the molecule is Cc1ccc(F)cc1C1(O)CC2CCC(C1)N2. The first-order chi connectivity index (χ1) is 8.07. The van der Waals surface area contributed by atoms with Crippen molar-refractivity contribution in [3.05, 3.63) is 35.1 Å². The van der Waals surface area contributed by atoms with Gasteiger partial charge in [-0.05, 0) is 55.9 Å². The Kier molecular flexibility index (Phi) is 2.49. The number of rotatable bonds is 1. The normalized spacial score (nSPS) is 36.2. The van der Waals surface area contributed by atoms with Crippen LogP contribution in [-0.2, 0) is 5.60 Å². The number of halogens is 1. The van der Waals surface area contributed by atoms with E-state index in [9.17, 15) is 9.50 Å². The van der Waals surface area contributed by atoms with Crippen LogP contribution in [0.15, 0.2) is 18.2 Å². The summed E-state index contributed by atoms with van der Waals surface area (Å²) in [7, 11) is 0. The van der Waals surface area contributed by atoms with E-state index in [4.69, 9.17) is 0 Å². The molecule has 3 rings (SSSR count). The summed E-state index contributed by atoms with van der Waals surface area (Å²) in [6.07, 6.45) is 3.66. The van der Waals surface area contributed by atoms with Crippen LogP contribution in [0.1, 0.15) is 36.8 Å². The van der Waals surface area contributed by atoms with Gasteiger partial charge in [0.05, 0.1) is 5.60 Å². The summed E-state index contributed by atoms with van der Waals surface area (Å²) < 4.78 is 13.4. The van der Waals surface area contributed by atoms with Gasteiger partial charge in [0, 0.05) is 12.1 Å². The largest absolute Gasteiger partial charge is 0.385 e. The summed E-state index contributed by atoms with van der Waals surface area (Å²) in [5.41, 5.74) is 0.912. The molecule has 1 aromatic carbocycles. The highest BCUT2D eigenvalue weighted by Crippen LogP contribution is 2.41. The first kappa shape index (κ1) is 11.2. The lowest BCUT2D eigenvalue weighted by Gasteiger charge is -2.38. The lowest BCUT2D eigenvalue weighted by molar-refractivity contribution is -0.0122. The van der Waals surface area contributed by atoms with Gasteiger partial charge in [0.2, 0.25) is 0 Å². The predicted octanol–water partition coefficient (Wildman–Crippen LogP) is 2.24. The zero-order valence-corrected chi connectivity index (χ0v) is 10.0. The number of nitrogens with one attached hydrogen (secondary N) is 1. The van der Waals surface area contributed by atoms with Crippen molar-refractivity contribution in [3.63, 3.8) is 0 Å². The third-order valence-corrected chi connectivity index (χ3v) is 4.20. The predicted molar refractivity (Wildman–Crippen MR) is 64.2 cm³/mol. The fraction of sp³-hybridized carbons (Fsp3) is 0.571. The van der Waals surface area contributed by atoms with E-state index in [2.05, 4.69) is 5.32 Å². The van der Waals surface area contributed by atoms with E-state index < -0.39 is 5.60 Å². The Morgan fingerprint density at radius 1 is 1.29 bits per heavy atom. The Hall–Kier alpha value is -0.930. The molecule has 2 bridgehead atoms. The summed E-state index contributed by atoms with van der Waals surface area (Å²) in [6.45, 7) is 1.94. The van der Waals surface area contributed by atoms with Crippen LogP contribution in [0, 0.1) is 12.7 Å². The quantitative estimate of drug-likeness (QED) is 0.782. The molecule has 0 saturated carbocycles. The van der Waals surface area contributed by atoms with Crippen LogP contribution in [0.2, 0.25) is 0 Å². The summed E-state index contributed by atoms with van der Waals surface area (Å²) in [6, 6.07) is 5.49. The summed E-state index contributed by atoms with van der Waals surface area (Å²) >= 11 is 0. The molecule has 0 radical (unpaired) electrons. The molecule has 2 fully saturated rings. The van der Waals surface area contributed by atoms with E-state index in [1.165, 1.54) is 12.1 Å². The Morgan fingerprint density at radius 2 is 1.94 bits per heavy atom. The molecule has 17 heavy (non-hydrogen) atoms. The van der Waals surface area contributed by atoms with E-state index in [0.29, 0.717) is 24.9 Å². The topological polar surface area (TPSA) is 32.3 Å². The second-order valence-electron chi connectivity index (χ2n) is 5.54. The van der Waals surface area contributed by atoms with Crippen LogP contribution in [0.4, 0.5) is 4.39 Å². The molecule has 92 valence electrons. The molecule has 2 atom stereocenters. The highest BCUT2D eigenvalue weighted by molar-refractivity contribution is 5.33. The first-order valence-corrected chi connectivity index (χ1v) is 6.32. The molecule has 2 aliphatic rings. The third kappa shape index (κ3) is 1.87. The van der Waals surface area contributed by atoms with Gasteiger partial charge in [-0.15, -0.1) is 0 Å². The van der Waals surface area contributed by atoms with Gasteiger partial charge in [0.1, 0.15) is 5.82 Å². The molecule has 2 heterocycles. The Morgan fingerprint density at radius 3 is 2.59 bits per heavy atom. The van der Waals surface area contributed by atoms with Crippen molar-refractivity contribution in [1.29, 1.82) is 0 Å². The first-order valence-electron chi connectivity index (χ1n) is 6.32. The molecule has 3 heteroatoms. The van der Waals surface area contributed by atoms with Gasteiger partial charge in [-0.2, -0.15) is 0 Å². The molecular formula is C14H18FNO. The highest BCUT2D eigenvalue weighted by atomic mass is 19.1. The summed E-state index contributed by atoms with van der Waals surface area (Å²) in [5.74, 6) is -0.259.